The summed E-state index contributed by atoms with van der Waals surface area (Å²) in [5, 5.41) is 11.0. The largest absolute Gasteiger partial charge is 0.399 e. The molecule has 21 heavy (non-hydrogen) atoms. The minimum Gasteiger partial charge on any atom is -0.399 e. The lowest BCUT2D eigenvalue weighted by molar-refractivity contribution is -0.385. The number of nitro groups is 1. The lowest BCUT2D eigenvalue weighted by atomic mass is 10.1. The number of rotatable bonds is 4. The summed E-state index contributed by atoms with van der Waals surface area (Å²) in [5.74, 6) is -0.315. The predicted octanol–water partition coefficient (Wildman–Crippen LogP) is 1.34. The number of amides is 1. The van der Waals surface area contributed by atoms with Gasteiger partial charge in [0, 0.05) is 37.9 Å². The summed E-state index contributed by atoms with van der Waals surface area (Å²) in [6.45, 7) is 5.91. The summed E-state index contributed by atoms with van der Waals surface area (Å²) in [4.78, 5) is 26.9. The SMILES string of the molecule is CCCN1CCN(C(=O)c2cc(N)ccc2[N+](=O)[O-])CC1. The van der Waals surface area contributed by atoms with Crippen LogP contribution < -0.4 is 5.73 Å². The number of piperazine rings is 1. The van der Waals surface area contributed by atoms with Gasteiger partial charge >= 0.3 is 0 Å². The highest BCUT2D eigenvalue weighted by molar-refractivity contribution is 5.99. The van der Waals surface area contributed by atoms with Gasteiger partial charge in [0.15, 0.2) is 0 Å². The first-order valence-corrected chi connectivity index (χ1v) is 7.08. The van der Waals surface area contributed by atoms with Crippen LogP contribution in [0.2, 0.25) is 0 Å². The molecule has 1 aliphatic rings. The fraction of sp³-hybridized carbons (Fsp3) is 0.500. The Balaban J connectivity index is 2.14. The lowest BCUT2D eigenvalue weighted by Crippen LogP contribution is -2.48. The monoisotopic (exact) mass is 292 g/mol. The normalized spacial score (nSPS) is 16.0. The van der Waals surface area contributed by atoms with Crippen molar-refractivity contribution in [3.63, 3.8) is 0 Å². The average molecular weight is 292 g/mol. The third-order valence-electron chi connectivity index (χ3n) is 3.65. The van der Waals surface area contributed by atoms with Crippen LogP contribution >= 0.6 is 0 Å². The van der Waals surface area contributed by atoms with Gasteiger partial charge in [0.05, 0.1) is 4.92 Å². The molecule has 1 saturated heterocycles. The zero-order chi connectivity index (χ0) is 15.4. The maximum absolute atomic E-state index is 12.5. The van der Waals surface area contributed by atoms with Gasteiger partial charge < -0.3 is 10.6 Å². The second kappa shape index (κ2) is 6.53. The average Bonchev–Trinajstić information content (AvgIpc) is 2.47. The summed E-state index contributed by atoms with van der Waals surface area (Å²) < 4.78 is 0. The molecule has 2 rings (SSSR count). The van der Waals surface area contributed by atoms with Gasteiger partial charge in [0.25, 0.3) is 11.6 Å². The van der Waals surface area contributed by atoms with E-state index in [1.165, 1.54) is 18.2 Å². The van der Waals surface area contributed by atoms with Crippen molar-refractivity contribution in [1.29, 1.82) is 0 Å². The maximum atomic E-state index is 12.5. The molecule has 0 aliphatic carbocycles. The first-order chi connectivity index (χ1) is 10.0. The molecule has 7 nitrogen and oxygen atoms in total. The third-order valence-corrected chi connectivity index (χ3v) is 3.65. The van der Waals surface area contributed by atoms with Crippen molar-refractivity contribution in [2.75, 3.05) is 38.5 Å². The molecule has 0 spiro atoms. The quantitative estimate of drug-likeness (QED) is 0.513. The van der Waals surface area contributed by atoms with E-state index in [1.54, 1.807) is 4.90 Å². The van der Waals surface area contributed by atoms with E-state index in [0.717, 1.165) is 26.1 Å². The summed E-state index contributed by atoms with van der Waals surface area (Å²) in [6.07, 6.45) is 1.08. The zero-order valence-electron chi connectivity index (χ0n) is 12.1. The predicted molar refractivity (Wildman–Crippen MR) is 80.1 cm³/mol. The number of carbonyl (C=O) groups excluding carboxylic acids is 1. The molecule has 0 bridgehead atoms. The topological polar surface area (TPSA) is 92.7 Å². The van der Waals surface area contributed by atoms with Crippen molar-refractivity contribution in [2.24, 2.45) is 0 Å². The number of nitrogen functional groups attached to an aromatic ring is 1. The van der Waals surface area contributed by atoms with Gasteiger partial charge in [0.2, 0.25) is 0 Å². The van der Waals surface area contributed by atoms with E-state index in [4.69, 9.17) is 5.73 Å². The first-order valence-electron chi connectivity index (χ1n) is 7.08. The van der Waals surface area contributed by atoms with Crippen molar-refractivity contribution in [3.8, 4) is 0 Å². The zero-order valence-corrected chi connectivity index (χ0v) is 12.1. The molecule has 1 aromatic carbocycles. The molecular weight excluding hydrogens is 272 g/mol. The molecule has 1 aromatic rings. The second-order valence-electron chi connectivity index (χ2n) is 5.17. The summed E-state index contributed by atoms with van der Waals surface area (Å²) >= 11 is 0. The van der Waals surface area contributed by atoms with Crippen LogP contribution in [0.4, 0.5) is 11.4 Å². The van der Waals surface area contributed by atoms with Crippen LogP contribution in [0.3, 0.4) is 0 Å². The van der Waals surface area contributed by atoms with Gasteiger partial charge in [-0.25, -0.2) is 0 Å². The van der Waals surface area contributed by atoms with E-state index in [0.29, 0.717) is 18.8 Å². The number of anilines is 1. The van der Waals surface area contributed by atoms with Crippen LogP contribution in [0, 0.1) is 10.1 Å². The summed E-state index contributed by atoms with van der Waals surface area (Å²) in [6, 6.07) is 4.11. The van der Waals surface area contributed by atoms with Crippen molar-refractivity contribution >= 4 is 17.3 Å². The van der Waals surface area contributed by atoms with Crippen molar-refractivity contribution in [2.45, 2.75) is 13.3 Å². The van der Waals surface area contributed by atoms with E-state index in [2.05, 4.69) is 11.8 Å². The summed E-state index contributed by atoms with van der Waals surface area (Å²) in [7, 11) is 0. The van der Waals surface area contributed by atoms with Gasteiger partial charge in [-0.1, -0.05) is 6.92 Å². The number of hydrogen-bond acceptors (Lipinski definition) is 5. The Morgan fingerprint density at radius 3 is 2.57 bits per heavy atom. The van der Waals surface area contributed by atoms with Gasteiger partial charge in [-0.15, -0.1) is 0 Å². The standard InChI is InChI=1S/C14H20N4O3/c1-2-5-16-6-8-17(9-7-16)14(19)12-10-11(15)3-4-13(12)18(20)21/h3-4,10H,2,5-9,15H2,1H3. The van der Waals surface area contributed by atoms with E-state index in [9.17, 15) is 14.9 Å². The van der Waals surface area contributed by atoms with E-state index >= 15 is 0 Å². The second-order valence-corrected chi connectivity index (χ2v) is 5.17. The number of carbonyl (C=O) groups is 1. The molecule has 0 saturated carbocycles. The molecule has 1 heterocycles. The van der Waals surface area contributed by atoms with Crippen molar-refractivity contribution < 1.29 is 9.72 Å². The Hall–Kier alpha value is -2.15. The van der Waals surface area contributed by atoms with Crippen LogP contribution in [0.5, 0.6) is 0 Å². The fourth-order valence-electron chi connectivity index (χ4n) is 2.55. The lowest BCUT2D eigenvalue weighted by Gasteiger charge is -2.34. The van der Waals surface area contributed by atoms with Crippen LogP contribution in [-0.2, 0) is 0 Å². The van der Waals surface area contributed by atoms with E-state index in [-0.39, 0.29) is 17.2 Å². The molecule has 0 radical (unpaired) electrons. The Kier molecular flexibility index (Phi) is 4.74. The van der Waals surface area contributed by atoms with Crippen molar-refractivity contribution in [1.82, 2.24) is 9.80 Å². The van der Waals surface area contributed by atoms with E-state index < -0.39 is 4.92 Å². The molecule has 1 aliphatic heterocycles. The molecular formula is C14H20N4O3. The van der Waals surface area contributed by atoms with Crippen molar-refractivity contribution in [3.05, 3.63) is 33.9 Å². The minimum atomic E-state index is -0.542. The number of benzene rings is 1. The third kappa shape index (κ3) is 3.49. The highest BCUT2D eigenvalue weighted by Gasteiger charge is 2.27. The molecule has 2 N–H and O–H groups in total. The number of nitrogens with zero attached hydrogens (tertiary/aromatic N) is 3. The smallest absolute Gasteiger partial charge is 0.282 e. The fourth-order valence-corrected chi connectivity index (χ4v) is 2.55. The van der Waals surface area contributed by atoms with Gasteiger partial charge in [0.1, 0.15) is 5.56 Å². The van der Waals surface area contributed by atoms with Gasteiger partial charge in [-0.3, -0.25) is 19.8 Å². The molecule has 1 fully saturated rings. The molecule has 0 aromatic heterocycles. The van der Waals surface area contributed by atoms with Crippen LogP contribution in [0.15, 0.2) is 18.2 Å². The number of nitrogens with two attached hydrogens (primary N) is 1. The highest BCUT2D eigenvalue weighted by atomic mass is 16.6. The molecule has 114 valence electrons. The maximum Gasteiger partial charge on any atom is 0.282 e. The minimum absolute atomic E-state index is 0.0731. The van der Waals surface area contributed by atoms with Gasteiger partial charge in [-0.2, -0.15) is 0 Å². The summed E-state index contributed by atoms with van der Waals surface area (Å²) in [5.41, 5.74) is 5.89. The Morgan fingerprint density at radius 1 is 1.33 bits per heavy atom. The number of nitro benzene ring substituents is 1. The Labute approximate surface area is 123 Å². The molecule has 0 unspecified atom stereocenters. The molecule has 7 heteroatoms. The number of hydrogen-bond donors (Lipinski definition) is 1. The Bertz CT molecular complexity index is 539. The van der Waals surface area contributed by atoms with Crippen LogP contribution in [0.1, 0.15) is 23.7 Å². The van der Waals surface area contributed by atoms with Crippen LogP contribution in [-0.4, -0.2) is 53.4 Å². The highest BCUT2D eigenvalue weighted by Crippen LogP contribution is 2.23. The Morgan fingerprint density at radius 2 is 2.00 bits per heavy atom. The molecule has 0 atom stereocenters. The molecule has 1 amide bonds. The van der Waals surface area contributed by atoms with Crippen LogP contribution in [0.25, 0.3) is 0 Å². The first kappa shape index (κ1) is 15.2. The van der Waals surface area contributed by atoms with E-state index in [1.807, 2.05) is 0 Å². The van der Waals surface area contributed by atoms with Gasteiger partial charge in [-0.05, 0) is 25.1 Å².